The fraction of sp³-hybridized carbons (Fsp3) is 0.600. The third-order valence-electron chi connectivity index (χ3n) is 2.50. The van der Waals surface area contributed by atoms with E-state index in [-0.39, 0.29) is 0 Å². The van der Waals surface area contributed by atoms with Crippen LogP contribution in [0.3, 0.4) is 0 Å². The zero-order chi connectivity index (χ0) is 10.8. The largest absolute Gasteiger partial charge is 0.481 e. The molecule has 14 heavy (non-hydrogen) atoms. The maximum atomic E-state index is 11.3. The van der Waals surface area contributed by atoms with Gasteiger partial charge in [0.05, 0.1) is 17.9 Å². The molecule has 0 aromatic rings. The van der Waals surface area contributed by atoms with Crippen molar-refractivity contribution in [1.82, 2.24) is 0 Å². The van der Waals surface area contributed by atoms with E-state index in [0.29, 0.717) is 13.0 Å². The Labute approximate surface area is 82.6 Å². The van der Waals surface area contributed by atoms with Gasteiger partial charge in [0.15, 0.2) is 0 Å². The monoisotopic (exact) mass is 198 g/mol. The van der Waals surface area contributed by atoms with Crippen molar-refractivity contribution in [2.45, 2.75) is 19.8 Å². The molecular formula is C10H14O4. The van der Waals surface area contributed by atoms with Gasteiger partial charge in [-0.3, -0.25) is 9.59 Å². The molecule has 1 fully saturated rings. The molecule has 0 aliphatic heterocycles. The van der Waals surface area contributed by atoms with E-state index >= 15 is 0 Å². The molecule has 0 radical (unpaired) electrons. The summed E-state index contributed by atoms with van der Waals surface area (Å²) in [5.74, 6) is -1.95. The molecule has 2 atom stereocenters. The van der Waals surface area contributed by atoms with Crippen LogP contribution in [0.2, 0.25) is 0 Å². The van der Waals surface area contributed by atoms with E-state index in [1.807, 2.05) is 6.92 Å². The van der Waals surface area contributed by atoms with Crippen molar-refractivity contribution in [3.63, 3.8) is 0 Å². The molecule has 0 heterocycles. The van der Waals surface area contributed by atoms with Crippen LogP contribution in [0.25, 0.3) is 0 Å². The molecule has 0 bridgehead atoms. The lowest BCUT2D eigenvalue weighted by atomic mass is 10.1. The lowest BCUT2D eigenvalue weighted by Crippen LogP contribution is -2.20. The first-order valence-corrected chi connectivity index (χ1v) is 4.62. The molecular weight excluding hydrogens is 184 g/mol. The van der Waals surface area contributed by atoms with Gasteiger partial charge in [-0.25, -0.2) is 0 Å². The van der Waals surface area contributed by atoms with E-state index in [1.54, 1.807) is 0 Å². The lowest BCUT2D eigenvalue weighted by Gasteiger charge is -2.06. The fourth-order valence-electron chi connectivity index (χ4n) is 1.42. The van der Waals surface area contributed by atoms with Crippen LogP contribution in [-0.4, -0.2) is 23.7 Å². The second kappa shape index (κ2) is 3.82. The van der Waals surface area contributed by atoms with Crippen molar-refractivity contribution < 1.29 is 19.4 Å². The minimum absolute atomic E-state index is 0.314. The molecule has 0 saturated heterocycles. The fourth-order valence-corrected chi connectivity index (χ4v) is 1.42. The standard InChI is InChI=1S/C10H14O4/c1-3-5-14-8(11)7-6-10(7,4-2)9(12)13/h4,7H,2-3,5-6H2,1H3,(H,12,13). The summed E-state index contributed by atoms with van der Waals surface area (Å²) in [6.45, 7) is 5.68. The molecule has 0 spiro atoms. The van der Waals surface area contributed by atoms with Gasteiger partial charge < -0.3 is 9.84 Å². The Balaban J connectivity index is 2.54. The molecule has 2 unspecified atom stereocenters. The van der Waals surface area contributed by atoms with Crippen molar-refractivity contribution >= 4 is 11.9 Å². The highest BCUT2D eigenvalue weighted by atomic mass is 16.5. The van der Waals surface area contributed by atoms with E-state index in [0.717, 1.165) is 6.42 Å². The van der Waals surface area contributed by atoms with Crippen LogP contribution >= 0.6 is 0 Å². The molecule has 0 aromatic heterocycles. The average molecular weight is 198 g/mol. The van der Waals surface area contributed by atoms with Gasteiger partial charge in [0.2, 0.25) is 0 Å². The Morgan fingerprint density at radius 1 is 1.71 bits per heavy atom. The van der Waals surface area contributed by atoms with Crippen LogP contribution in [0.15, 0.2) is 12.7 Å². The SMILES string of the molecule is C=CC1(C(=O)O)CC1C(=O)OCCC. The summed E-state index contributed by atoms with van der Waals surface area (Å²) in [6, 6.07) is 0. The molecule has 4 heteroatoms. The van der Waals surface area contributed by atoms with Crippen molar-refractivity contribution in [3.05, 3.63) is 12.7 Å². The average Bonchev–Trinajstić information content (AvgIpc) is 2.90. The predicted octanol–water partition coefficient (Wildman–Crippen LogP) is 1.22. The van der Waals surface area contributed by atoms with Gasteiger partial charge in [-0.1, -0.05) is 13.0 Å². The highest BCUT2D eigenvalue weighted by molar-refractivity contribution is 5.91. The number of carboxylic acid groups (broad SMARTS) is 1. The summed E-state index contributed by atoms with van der Waals surface area (Å²) in [6.07, 6.45) is 2.38. The van der Waals surface area contributed by atoms with Crippen molar-refractivity contribution in [1.29, 1.82) is 0 Å². The Bertz CT molecular complexity index is 271. The van der Waals surface area contributed by atoms with Crippen LogP contribution in [0, 0.1) is 11.3 Å². The number of hydrogen-bond donors (Lipinski definition) is 1. The van der Waals surface area contributed by atoms with Gasteiger partial charge in [-0.2, -0.15) is 0 Å². The Kier molecular flexibility index (Phi) is 2.93. The molecule has 0 aromatic carbocycles. The minimum Gasteiger partial charge on any atom is -0.481 e. The van der Waals surface area contributed by atoms with Gasteiger partial charge in [0.25, 0.3) is 0 Å². The van der Waals surface area contributed by atoms with Crippen LogP contribution < -0.4 is 0 Å². The molecule has 1 aliphatic carbocycles. The van der Waals surface area contributed by atoms with E-state index in [2.05, 4.69) is 6.58 Å². The highest BCUT2D eigenvalue weighted by Gasteiger charge is 2.63. The number of hydrogen-bond acceptors (Lipinski definition) is 3. The quantitative estimate of drug-likeness (QED) is 0.533. The van der Waals surface area contributed by atoms with Gasteiger partial charge in [-0.15, -0.1) is 6.58 Å². The molecule has 78 valence electrons. The van der Waals surface area contributed by atoms with Gasteiger partial charge in [0, 0.05) is 0 Å². The number of carboxylic acids is 1. The van der Waals surface area contributed by atoms with Gasteiger partial charge in [0.1, 0.15) is 0 Å². The van der Waals surface area contributed by atoms with Crippen molar-refractivity contribution in [3.8, 4) is 0 Å². The second-order valence-corrected chi connectivity index (χ2v) is 3.47. The Morgan fingerprint density at radius 2 is 2.36 bits per heavy atom. The number of carbonyl (C=O) groups excluding carboxylic acids is 1. The van der Waals surface area contributed by atoms with Gasteiger partial charge >= 0.3 is 11.9 Å². The second-order valence-electron chi connectivity index (χ2n) is 3.47. The third-order valence-corrected chi connectivity index (χ3v) is 2.50. The number of ether oxygens (including phenoxy) is 1. The molecule has 1 aliphatic rings. The van der Waals surface area contributed by atoms with Gasteiger partial charge in [-0.05, 0) is 12.8 Å². The van der Waals surface area contributed by atoms with Crippen LogP contribution in [0.5, 0.6) is 0 Å². The summed E-state index contributed by atoms with van der Waals surface area (Å²) in [4.78, 5) is 22.1. The van der Waals surface area contributed by atoms with Crippen LogP contribution in [0.1, 0.15) is 19.8 Å². The third kappa shape index (κ3) is 1.64. The van der Waals surface area contributed by atoms with Crippen molar-refractivity contribution in [2.75, 3.05) is 6.61 Å². The first-order valence-electron chi connectivity index (χ1n) is 4.62. The molecule has 1 rings (SSSR count). The Morgan fingerprint density at radius 3 is 2.71 bits per heavy atom. The number of rotatable bonds is 5. The smallest absolute Gasteiger partial charge is 0.314 e. The van der Waals surface area contributed by atoms with E-state index in [1.165, 1.54) is 6.08 Å². The molecule has 0 amide bonds. The summed E-state index contributed by atoms with van der Waals surface area (Å²) >= 11 is 0. The highest BCUT2D eigenvalue weighted by Crippen LogP contribution is 2.54. The predicted molar refractivity (Wildman–Crippen MR) is 49.6 cm³/mol. The summed E-state index contributed by atoms with van der Waals surface area (Å²) in [7, 11) is 0. The Hall–Kier alpha value is -1.32. The number of aliphatic carboxylic acids is 1. The molecule has 1 N–H and O–H groups in total. The topological polar surface area (TPSA) is 63.6 Å². The van der Waals surface area contributed by atoms with Crippen LogP contribution in [-0.2, 0) is 14.3 Å². The zero-order valence-corrected chi connectivity index (χ0v) is 8.16. The number of carbonyl (C=O) groups is 2. The molecule has 4 nitrogen and oxygen atoms in total. The number of esters is 1. The summed E-state index contributed by atoms with van der Waals surface area (Å²) in [5, 5.41) is 8.87. The summed E-state index contributed by atoms with van der Waals surface area (Å²) in [5.41, 5.74) is -1.06. The normalized spacial score (nSPS) is 29.4. The first kappa shape index (κ1) is 10.8. The van der Waals surface area contributed by atoms with E-state index in [4.69, 9.17) is 9.84 Å². The lowest BCUT2D eigenvalue weighted by molar-refractivity contribution is -0.150. The maximum absolute atomic E-state index is 11.3. The zero-order valence-electron chi connectivity index (χ0n) is 8.16. The van der Waals surface area contributed by atoms with Crippen molar-refractivity contribution in [2.24, 2.45) is 11.3 Å². The minimum atomic E-state index is -1.06. The van der Waals surface area contributed by atoms with Crippen LogP contribution in [0.4, 0.5) is 0 Å². The van der Waals surface area contributed by atoms with E-state index in [9.17, 15) is 9.59 Å². The first-order chi connectivity index (χ1) is 6.58. The van der Waals surface area contributed by atoms with E-state index < -0.39 is 23.3 Å². The summed E-state index contributed by atoms with van der Waals surface area (Å²) < 4.78 is 4.87. The maximum Gasteiger partial charge on any atom is 0.314 e. The molecule has 1 saturated carbocycles.